The van der Waals surface area contributed by atoms with E-state index in [1.54, 1.807) is 0 Å². The van der Waals surface area contributed by atoms with Crippen molar-refractivity contribution in [2.75, 3.05) is 26.7 Å². The average molecular weight is 153 g/mol. The minimum Gasteiger partial charge on any atom is -0.305 e. The Morgan fingerprint density at radius 2 is 2.55 bits per heavy atom. The van der Waals surface area contributed by atoms with Crippen LogP contribution in [0.1, 0.15) is 12.8 Å². The molecule has 0 spiro atoms. The highest BCUT2D eigenvalue weighted by Gasteiger charge is 2.15. The molecule has 0 aromatic heterocycles. The molecular weight excluding hydrogens is 138 g/mol. The average Bonchev–Trinajstić information content (AvgIpc) is 2.01. The predicted octanol–water partition coefficient (Wildman–Crippen LogP) is 0.194. The molecule has 0 aromatic carbocycles. The monoisotopic (exact) mass is 153 g/mol. The first kappa shape index (κ1) is 8.51. The van der Waals surface area contributed by atoms with Gasteiger partial charge in [-0.2, -0.15) is 5.26 Å². The fourth-order valence-corrected chi connectivity index (χ4v) is 1.52. The molecule has 11 heavy (non-hydrogen) atoms. The number of nitriles is 1. The summed E-state index contributed by atoms with van der Waals surface area (Å²) < 4.78 is 0. The number of rotatable bonds is 2. The standard InChI is InChI=1S/C8H15N3/c1-11-6-2-3-8(7-11)10-5-4-9/h8,10H,2-3,5-7H2,1H3. The van der Waals surface area contributed by atoms with Crippen molar-refractivity contribution >= 4 is 0 Å². The smallest absolute Gasteiger partial charge is 0.0843 e. The number of likely N-dealkylation sites (N-methyl/N-ethyl adjacent to an activating group) is 1. The lowest BCUT2D eigenvalue weighted by Crippen LogP contribution is -2.43. The van der Waals surface area contributed by atoms with Crippen LogP contribution in [-0.4, -0.2) is 37.6 Å². The van der Waals surface area contributed by atoms with Crippen molar-refractivity contribution in [2.24, 2.45) is 0 Å². The highest BCUT2D eigenvalue weighted by atomic mass is 15.1. The topological polar surface area (TPSA) is 39.1 Å². The van der Waals surface area contributed by atoms with Crippen LogP contribution in [0.15, 0.2) is 0 Å². The zero-order valence-electron chi connectivity index (χ0n) is 7.01. The minimum atomic E-state index is 0.485. The maximum absolute atomic E-state index is 8.34. The van der Waals surface area contributed by atoms with Crippen molar-refractivity contribution in [3.63, 3.8) is 0 Å². The van der Waals surface area contributed by atoms with E-state index >= 15 is 0 Å². The summed E-state index contributed by atoms with van der Waals surface area (Å²) in [5, 5.41) is 11.5. The largest absolute Gasteiger partial charge is 0.305 e. The van der Waals surface area contributed by atoms with Crippen LogP contribution in [0.4, 0.5) is 0 Å². The third-order valence-corrected chi connectivity index (χ3v) is 2.09. The third kappa shape index (κ3) is 2.87. The van der Waals surface area contributed by atoms with Gasteiger partial charge in [0.2, 0.25) is 0 Å². The summed E-state index contributed by atoms with van der Waals surface area (Å²) in [5.74, 6) is 0. The number of piperidine rings is 1. The predicted molar refractivity (Wildman–Crippen MR) is 44.1 cm³/mol. The summed E-state index contributed by atoms with van der Waals surface area (Å²) in [5.41, 5.74) is 0. The number of nitrogens with zero attached hydrogens (tertiary/aromatic N) is 2. The maximum Gasteiger partial charge on any atom is 0.0843 e. The SMILES string of the molecule is CN1CCCC(NCC#N)C1. The Kier molecular flexibility index (Phi) is 3.34. The van der Waals surface area contributed by atoms with Crippen LogP contribution >= 0.6 is 0 Å². The van der Waals surface area contributed by atoms with Gasteiger partial charge in [0.05, 0.1) is 12.6 Å². The van der Waals surface area contributed by atoms with Gasteiger partial charge in [-0.05, 0) is 26.4 Å². The van der Waals surface area contributed by atoms with Crippen molar-refractivity contribution in [2.45, 2.75) is 18.9 Å². The highest BCUT2D eigenvalue weighted by molar-refractivity contribution is 4.81. The van der Waals surface area contributed by atoms with E-state index in [4.69, 9.17) is 5.26 Å². The van der Waals surface area contributed by atoms with E-state index in [1.807, 2.05) is 0 Å². The van der Waals surface area contributed by atoms with Crippen molar-refractivity contribution < 1.29 is 0 Å². The van der Waals surface area contributed by atoms with Crippen molar-refractivity contribution in [3.05, 3.63) is 0 Å². The van der Waals surface area contributed by atoms with Crippen LogP contribution < -0.4 is 5.32 Å². The highest BCUT2D eigenvalue weighted by Crippen LogP contribution is 2.06. The molecule has 0 radical (unpaired) electrons. The molecule has 1 atom stereocenters. The fourth-order valence-electron chi connectivity index (χ4n) is 1.52. The molecule has 62 valence electrons. The number of hydrogen-bond acceptors (Lipinski definition) is 3. The summed E-state index contributed by atoms with van der Waals surface area (Å²) in [4.78, 5) is 2.30. The van der Waals surface area contributed by atoms with E-state index in [-0.39, 0.29) is 0 Å². The molecule has 1 unspecified atom stereocenters. The Balaban J connectivity index is 2.18. The van der Waals surface area contributed by atoms with Gasteiger partial charge in [-0.1, -0.05) is 0 Å². The molecule has 1 heterocycles. The second-order valence-electron chi connectivity index (χ2n) is 3.14. The number of nitrogens with one attached hydrogen (secondary N) is 1. The van der Waals surface area contributed by atoms with Crippen LogP contribution in [0.5, 0.6) is 0 Å². The second-order valence-corrected chi connectivity index (χ2v) is 3.14. The lowest BCUT2D eigenvalue weighted by atomic mass is 10.1. The fraction of sp³-hybridized carbons (Fsp3) is 0.875. The van der Waals surface area contributed by atoms with Gasteiger partial charge in [-0.25, -0.2) is 0 Å². The van der Waals surface area contributed by atoms with E-state index in [1.165, 1.54) is 19.4 Å². The van der Waals surface area contributed by atoms with Gasteiger partial charge in [-0.15, -0.1) is 0 Å². The Labute approximate surface area is 68.0 Å². The van der Waals surface area contributed by atoms with Crippen LogP contribution in [-0.2, 0) is 0 Å². The molecule has 1 aliphatic heterocycles. The van der Waals surface area contributed by atoms with Gasteiger partial charge in [0, 0.05) is 12.6 Å². The van der Waals surface area contributed by atoms with E-state index in [0.717, 1.165) is 6.54 Å². The first-order chi connectivity index (χ1) is 5.33. The summed E-state index contributed by atoms with van der Waals surface area (Å²) in [6, 6.07) is 2.64. The summed E-state index contributed by atoms with van der Waals surface area (Å²) in [6.45, 7) is 2.77. The molecule has 1 aliphatic rings. The van der Waals surface area contributed by atoms with E-state index in [0.29, 0.717) is 12.6 Å². The van der Waals surface area contributed by atoms with Gasteiger partial charge in [0.15, 0.2) is 0 Å². The van der Waals surface area contributed by atoms with E-state index < -0.39 is 0 Å². The molecular formula is C8H15N3. The summed E-state index contributed by atoms with van der Waals surface area (Å²) >= 11 is 0. The van der Waals surface area contributed by atoms with Gasteiger partial charge < -0.3 is 10.2 Å². The van der Waals surface area contributed by atoms with Crippen LogP contribution in [0, 0.1) is 11.3 Å². The second kappa shape index (κ2) is 4.32. The zero-order valence-corrected chi connectivity index (χ0v) is 7.01. The number of hydrogen-bond donors (Lipinski definition) is 1. The molecule has 0 aliphatic carbocycles. The maximum atomic E-state index is 8.34. The molecule has 0 aromatic rings. The molecule has 0 amide bonds. The van der Waals surface area contributed by atoms with Crippen molar-refractivity contribution in [1.29, 1.82) is 5.26 Å². The lowest BCUT2D eigenvalue weighted by Gasteiger charge is -2.29. The molecule has 1 N–H and O–H groups in total. The molecule has 0 saturated carbocycles. The molecule has 1 fully saturated rings. The van der Waals surface area contributed by atoms with E-state index in [2.05, 4.69) is 23.3 Å². The van der Waals surface area contributed by atoms with Crippen molar-refractivity contribution in [3.8, 4) is 6.07 Å². The van der Waals surface area contributed by atoms with Crippen molar-refractivity contribution in [1.82, 2.24) is 10.2 Å². The first-order valence-electron chi connectivity index (χ1n) is 4.12. The Hall–Kier alpha value is -0.590. The van der Waals surface area contributed by atoms with E-state index in [9.17, 15) is 0 Å². The van der Waals surface area contributed by atoms with Gasteiger partial charge in [0.1, 0.15) is 0 Å². The normalized spacial score (nSPS) is 26.4. The first-order valence-corrected chi connectivity index (χ1v) is 4.12. The summed E-state index contributed by atoms with van der Waals surface area (Å²) in [7, 11) is 2.13. The molecule has 1 saturated heterocycles. The number of likely N-dealkylation sites (tertiary alicyclic amines) is 1. The van der Waals surface area contributed by atoms with Crippen LogP contribution in [0.3, 0.4) is 0 Å². The Morgan fingerprint density at radius 3 is 3.18 bits per heavy atom. The quantitative estimate of drug-likeness (QED) is 0.576. The Bertz CT molecular complexity index is 150. The van der Waals surface area contributed by atoms with Crippen LogP contribution in [0.25, 0.3) is 0 Å². The van der Waals surface area contributed by atoms with Gasteiger partial charge in [-0.3, -0.25) is 0 Å². The summed E-state index contributed by atoms with van der Waals surface area (Å²) in [6.07, 6.45) is 2.46. The Morgan fingerprint density at radius 1 is 1.73 bits per heavy atom. The molecule has 3 nitrogen and oxygen atoms in total. The third-order valence-electron chi connectivity index (χ3n) is 2.09. The molecule has 3 heteroatoms. The lowest BCUT2D eigenvalue weighted by molar-refractivity contribution is 0.231. The van der Waals surface area contributed by atoms with Crippen LogP contribution in [0.2, 0.25) is 0 Å². The molecule has 1 rings (SSSR count). The minimum absolute atomic E-state index is 0.485. The van der Waals surface area contributed by atoms with Gasteiger partial charge in [0.25, 0.3) is 0 Å². The molecule has 0 bridgehead atoms. The van der Waals surface area contributed by atoms with Gasteiger partial charge >= 0.3 is 0 Å². The zero-order chi connectivity index (χ0) is 8.10.